The van der Waals surface area contributed by atoms with Gasteiger partial charge in [0.2, 0.25) is 0 Å². The quantitative estimate of drug-likeness (QED) is 0.465. The van der Waals surface area contributed by atoms with Crippen LogP contribution in [-0.4, -0.2) is 29.5 Å². The van der Waals surface area contributed by atoms with E-state index in [0.717, 1.165) is 18.8 Å². The molecule has 20 heavy (non-hydrogen) atoms. The maximum Gasteiger partial charge on any atom is 0.259 e. The van der Waals surface area contributed by atoms with E-state index in [0.29, 0.717) is 31.2 Å². The molecule has 0 aromatic heterocycles. The van der Waals surface area contributed by atoms with Crippen LogP contribution >= 0.6 is 8.53 Å². The lowest BCUT2D eigenvalue weighted by molar-refractivity contribution is 0.0423. The van der Waals surface area contributed by atoms with Gasteiger partial charge in [0.1, 0.15) is 0 Å². The van der Waals surface area contributed by atoms with Crippen molar-refractivity contribution in [3.8, 4) is 6.07 Å². The van der Waals surface area contributed by atoms with Gasteiger partial charge in [0.05, 0.1) is 25.2 Å². The third kappa shape index (κ3) is 5.30. The second-order valence-electron chi connectivity index (χ2n) is 6.02. The molecule has 0 heterocycles. The summed E-state index contributed by atoms with van der Waals surface area (Å²) < 4.78 is 14.4. The minimum Gasteiger partial charge on any atom is -0.321 e. The van der Waals surface area contributed by atoms with Crippen LogP contribution in [0.15, 0.2) is 0 Å². The van der Waals surface area contributed by atoms with Gasteiger partial charge in [-0.15, -0.1) is 0 Å². The molecule has 0 saturated heterocycles. The van der Waals surface area contributed by atoms with Crippen LogP contribution in [0, 0.1) is 17.2 Å². The zero-order chi connectivity index (χ0) is 15.1. The molecule has 1 saturated carbocycles. The summed E-state index contributed by atoms with van der Waals surface area (Å²) in [5.41, 5.74) is 0. The predicted molar refractivity (Wildman–Crippen MR) is 83.1 cm³/mol. The molecule has 0 radical (unpaired) electrons. The minimum absolute atomic E-state index is 0.341. The van der Waals surface area contributed by atoms with Gasteiger partial charge in [-0.3, -0.25) is 0 Å². The van der Waals surface area contributed by atoms with Crippen LogP contribution in [0.3, 0.4) is 0 Å². The summed E-state index contributed by atoms with van der Waals surface area (Å²) in [6, 6.07) is 2.89. The van der Waals surface area contributed by atoms with Crippen molar-refractivity contribution >= 4 is 8.53 Å². The molecule has 4 nitrogen and oxygen atoms in total. The Labute approximate surface area is 125 Å². The first-order valence-corrected chi connectivity index (χ1v) is 8.87. The Morgan fingerprint density at radius 2 is 1.85 bits per heavy atom. The SMILES string of the molecule is CC[C@H]1C[C@H](OP(OCCC#N)N(C(C)C)C(C)C)C1. The van der Waals surface area contributed by atoms with Crippen molar-refractivity contribution < 1.29 is 9.05 Å². The molecular formula is C15H29N2O2P. The Morgan fingerprint density at radius 3 is 2.30 bits per heavy atom. The minimum atomic E-state index is -1.05. The van der Waals surface area contributed by atoms with Gasteiger partial charge in [0.15, 0.2) is 0 Å². The van der Waals surface area contributed by atoms with Crippen molar-refractivity contribution in [3.05, 3.63) is 0 Å². The number of hydrogen-bond acceptors (Lipinski definition) is 4. The summed E-state index contributed by atoms with van der Waals surface area (Å²) in [5.74, 6) is 0.822. The van der Waals surface area contributed by atoms with Crippen LogP contribution in [0.2, 0.25) is 0 Å². The van der Waals surface area contributed by atoms with E-state index < -0.39 is 8.53 Å². The zero-order valence-corrected chi connectivity index (χ0v) is 14.4. The van der Waals surface area contributed by atoms with Gasteiger partial charge in [-0.05, 0) is 46.5 Å². The summed E-state index contributed by atoms with van der Waals surface area (Å²) in [6.07, 6.45) is 4.31. The van der Waals surface area contributed by atoms with E-state index in [1.54, 1.807) is 0 Å². The molecule has 1 rings (SSSR count). The highest BCUT2D eigenvalue weighted by Crippen LogP contribution is 2.50. The smallest absolute Gasteiger partial charge is 0.259 e. The Bertz CT molecular complexity index is 303. The maximum atomic E-state index is 8.66. The first-order valence-electron chi connectivity index (χ1n) is 7.74. The van der Waals surface area contributed by atoms with Gasteiger partial charge in [-0.25, -0.2) is 4.67 Å². The first kappa shape index (κ1) is 17.9. The maximum absolute atomic E-state index is 8.66. The first-order chi connectivity index (χ1) is 9.49. The molecular weight excluding hydrogens is 271 g/mol. The standard InChI is InChI=1S/C15H29N2O2P/c1-6-14-10-15(11-14)19-20(18-9-7-8-16)17(12(2)3)13(4)5/h12-15H,6-7,9-11H2,1-5H3/t14-,15-,20?. The fourth-order valence-electron chi connectivity index (χ4n) is 2.52. The molecule has 1 aliphatic rings. The van der Waals surface area contributed by atoms with Gasteiger partial charge in [0.25, 0.3) is 8.53 Å². The molecule has 0 spiro atoms. The topological polar surface area (TPSA) is 45.5 Å². The van der Waals surface area contributed by atoms with E-state index >= 15 is 0 Å². The third-order valence-electron chi connectivity index (χ3n) is 3.67. The number of nitriles is 1. The van der Waals surface area contributed by atoms with Crippen LogP contribution < -0.4 is 0 Å². The van der Waals surface area contributed by atoms with Crippen molar-refractivity contribution in [2.24, 2.45) is 5.92 Å². The summed E-state index contributed by atoms with van der Waals surface area (Å²) in [7, 11) is -1.05. The van der Waals surface area contributed by atoms with Gasteiger partial charge in [-0.2, -0.15) is 5.26 Å². The highest BCUT2D eigenvalue weighted by atomic mass is 31.2. The number of nitrogens with zero attached hydrogens (tertiary/aromatic N) is 2. The molecule has 116 valence electrons. The molecule has 1 atom stereocenters. The summed E-state index contributed by atoms with van der Waals surface area (Å²) >= 11 is 0. The van der Waals surface area contributed by atoms with Crippen LogP contribution in [-0.2, 0) is 9.05 Å². The number of hydrogen-bond donors (Lipinski definition) is 0. The van der Waals surface area contributed by atoms with E-state index in [4.69, 9.17) is 14.3 Å². The van der Waals surface area contributed by atoms with Crippen molar-refractivity contribution in [1.82, 2.24) is 4.67 Å². The summed E-state index contributed by atoms with van der Waals surface area (Å²) in [5, 5.41) is 8.66. The van der Waals surface area contributed by atoms with Crippen LogP contribution in [0.25, 0.3) is 0 Å². The molecule has 0 amide bonds. The van der Waals surface area contributed by atoms with Crippen LogP contribution in [0.5, 0.6) is 0 Å². The molecule has 0 aromatic rings. The fraction of sp³-hybridized carbons (Fsp3) is 0.933. The Kier molecular flexibility index (Phi) is 7.99. The monoisotopic (exact) mass is 300 g/mol. The molecule has 5 heteroatoms. The van der Waals surface area contributed by atoms with Crippen molar-refractivity contribution in [3.63, 3.8) is 0 Å². The zero-order valence-electron chi connectivity index (χ0n) is 13.5. The van der Waals surface area contributed by atoms with Crippen molar-refractivity contribution in [2.45, 2.75) is 78.5 Å². The highest BCUT2D eigenvalue weighted by Gasteiger charge is 2.35. The Morgan fingerprint density at radius 1 is 1.25 bits per heavy atom. The van der Waals surface area contributed by atoms with Crippen LogP contribution in [0.4, 0.5) is 0 Å². The van der Waals surface area contributed by atoms with E-state index in [1.165, 1.54) is 6.42 Å². The van der Waals surface area contributed by atoms with Crippen molar-refractivity contribution in [2.75, 3.05) is 6.61 Å². The third-order valence-corrected chi connectivity index (χ3v) is 5.85. The predicted octanol–water partition coefficient (Wildman–Crippen LogP) is 4.47. The Balaban J connectivity index is 2.57. The molecule has 1 unspecified atom stereocenters. The second kappa shape index (κ2) is 8.95. The molecule has 1 fully saturated rings. The van der Waals surface area contributed by atoms with Gasteiger partial charge in [-0.1, -0.05) is 13.3 Å². The van der Waals surface area contributed by atoms with E-state index in [2.05, 4.69) is 45.4 Å². The second-order valence-corrected chi connectivity index (χ2v) is 7.43. The largest absolute Gasteiger partial charge is 0.321 e. The fourth-order valence-corrected chi connectivity index (χ4v) is 4.25. The lowest BCUT2D eigenvalue weighted by Gasteiger charge is -2.41. The van der Waals surface area contributed by atoms with Gasteiger partial charge < -0.3 is 9.05 Å². The summed E-state index contributed by atoms with van der Waals surface area (Å²) in [6.45, 7) is 11.4. The molecule has 1 aliphatic carbocycles. The lowest BCUT2D eigenvalue weighted by atomic mass is 9.81. The van der Waals surface area contributed by atoms with Crippen LogP contribution in [0.1, 0.15) is 60.3 Å². The van der Waals surface area contributed by atoms with Gasteiger partial charge >= 0.3 is 0 Å². The Hall–Kier alpha value is -0.200. The average Bonchev–Trinajstić information content (AvgIpc) is 2.31. The molecule has 0 aliphatic heterocycles. The molecule has 0 N–H and O–H groups in total. The summed E-state index contributed by atoms with van der Waals surface area (Å²) in [4.78, 5) is 0. The van der Waals surface area contributed by atoms with E-state index in [9.17, 15) is 0 Å². The van der Waals surface area contributed by atoms with E-state index in [-0.39, 0.29) is 0 Å². The number of rotatable bonds is 9. The molecule has 0 bridgehead atoms. The van der Waals surface area contributed by atoms with Crippen molar-refractivity contribution in [1.29, 1.82) is 5.26 Å². The molecule has 0 aromatic carbocycles. The van der Waals surface area contributed by atoms with E-state index in [1.807, 2.05) is 0 Å². The normalized spacial score (nSPS) is 23.9. The van der Waals surface area contributed by atoms with Gasteiger partial charge in [0, 0.05) is 12.1 Å². The highest BCUT2D eigenvalue weighted by molar-refractivity contribution is 7.44. The average molecular weight is 300 g/mol. The lowest BCUT2D eigenvalue weighted by Crippen LogP contribution is -2.37.